The fraction of sp³-hybridized carbons (Fsp3) is 0.0476. The van der Waals surface area contributed by atoms with Crippen molar-refractivity contribution in [2.45, 2.75) is 6.42 Å². The van der Waals surface area contributed by atoms with Crippen molar-refractivity contribution in [2.24, 2.45) is 5.73 Å². The second kappa shape index (κ2) is 6.72. The highest BCUT2D eigenvalue weighted by Crippen LogP contribution is 2.20. The second-order valence-electron chi connectivity index (χ2n) is 5.99. The van der Waals surface area contributed by atoms with Crippen LogP contribution in [-0.2, 0) is 6.42 Å². The van der Waals surface area contributed by atoms with Crippen molar-refractivity contribution >= 4 is 16.9 Å². The predicted molar refractivity (Wildman–Crippen MR) is 101 cm³/mol. The Labute approximate surface area is 150 Å². The number of amides is 1. The van der Waals surface area contributed by atoms with Crippen LogP contribution in [0, 0.1) is 0 Å². The molecule has 5 heteroatoms. The standard InChI is InChI=1S/C21H16N4O/c22-20(26)17-12-16-7-4-10-23-21(16)25-19(17)11-14-8-9-18(24-13-14)15-5-2-1-3-6-15/h1-10,12-13H,11H2,(H2,22,26). The third-order valence-corrected chi connectivity index (χ3v) is 4.20. The fourth-order valence-corrected chi connectivity index (χ4v) is 2.89. The fourth-order valence-electron chi connectivity index (χ4n) is 2.89. The minimum absolute atomic E-state index is 0.414. The van der Waals surface area contributed by atoms with Crippen LogP contribution in [0.1, 0.15) is 21.6 Å². The number of nitrogens with two attached hydrogens (primary N) is 1. The largest absolute Gasteiger partial charge is 0.366 e. The minimum Gasteiger partial charge on any atom is -0.366 e. The van der Waals surface area contributed by atoms with Crippen molar-refractivity contribution in [2.75, 3.05) is 0 Å². The Hall–Kier alpha value is -3.60. The van der Waals surface area contributed by atoms with Gasteiger partial charge in [0.15, 0.2) is 5.65 Å². The normalized spacial score (nSPS) is 10.8. The highest BCUT2D eigenvalue weighted by atomic mass is 16.1. The van der Waals surface area contributed by atoms with Gasteiger partial charge in [-0.05, 0) is 29.8 Å². The summed E-state index contributed by atoms with van der Waals surface area (Å²) in [6, 6.07) is 19.3. The maximum absolute atomic E-state index is 11.8. The Kier molecular flexibility index (Phi) is 4.11. The Morgan fingerprint density at radius 2 is 1.81 bits per heavy atom. The van der Waals surface area contributed by atoms with Gasteiger partial charge in [-0.2, -0.15) is 0 Å². The first-order valence-electron chi connectivity index (χ1n) is 8.25. The predicted octanol–water partition coefficient (Wildman–Crippen LogP) is 3.38. The number of benzene rings is 1. The average molecular weight is 340 g/mol. The summed E-state index contributed by atoms with van der Waals surface area (Å²) in [5.74, 6) is -0.493. The van der Waals surface area contributed by atoms with E-state index in [9.17, 15) is 4.79 Å². The molecule has 4 rings (SSSR count). The molecule has 0 unspecified atom stereocenters. The van der Waals surface area contributed by atoms with E-state index in [0.717, 1.165) is 22.2 Å². The molecular formula is C21H16N4O. The van der Waals surface area contributed by atoms with E-state index >= 15 is 0 Å². The van der Waals surface area contributed by atoms with Gasteiger partial charge in [0.1, 0.15) is 0 Å². The Balaban J connectivity index is 1.68. The topological polar surface area (TPSA) is 81.8 Å². The molecule has 3 aromatic heterocycles. The van der Waals surface area contributed by atoms with Gasteiger partial charge >= 0.3 is 0 Å². The summed E-state index contributed by atoms with van der Waals surface area (Å²) in [5, 5.41) is 0.794. The molecule has 5 nitrogen and oxygen atoms in total. The third-order valence-electron chi connectivity index (χ3n) is 4.20. The van der Waals surface area contributed by atoms with Gasteiger partial charge in [0.05, 0.1) is 17.0 Å². The summed E-state index contributed by atoms with van der Waals surface area (Å²) >= 11 is 0. The van der Waals surface area contributed by atoms with Gasteiger partial charge in [-0.1, -0.05) is 36.4 Å². The molecule has 0 aliphatic heterocycles. The summed E-state index contributed by atoms with van der Waals surface area (Å²) in [5.41, 5.74) is 10.1. The summed E-state index contributed by atoms with van der Waals surface area (Å²) in [6.45, 7) is 0. The molecule has 0 radical (unpaired) electrons. The minimum atomic E-state index is -0.493. The Morgan fingerprint density at radius 1 is 0.962 bits per heavy atom. The van der Waals surface area contributed by atoms with Gasteiger partial charge in [0.2, 0.25) is 0 Å². The average Bonchev–Trinajstić information content (AvgIpc) is 2.68. The number of pyridine rings is 3. The van der Waals surface area contributed by atoms with Gasteiger partial charge in [0.25, 0.3) is 5.91 Å². The van der Waals surface area contributed by atoms with E-state index in [0.29, 0.717) is 23.3 Å². The second-order valence-corrected chi connectivity index (χ2v) is 5.99. The molecule has 0 atom stereocenters. The van der Waals surface area contributed by atoms with Gasteiger partial charge < -0.3 is 5.73 Å². The van der Waals surface area contributed by atoms with Crippen molar-refractivity contribution in [3.63, 3.8) is 0 Å². The SMILES string of the molecule is NC(=O)c1cc2cccnc2nc1Cc1ccc(-c2ccccc2)nc1. The lowest BCUT2D eigenvalue weighted by Crippen LogP contribution is -2.15. The molecule has 0 bridgehead atoms. The van der Waals surface area contributed by atoms with Crippen molar-refractivity contribution in [1.29, 1.82) is 0 Å². The molecule has 2 N–H and O–H groups in total. The lowest BCUT2D eigenvalue weighted by molar-refractivity contribution is 0.0999. The molecule has 0 spiro atoms. The molecule has 1 amide bonds. The number of carbonyl (C=O) groups excluding carboxylic acids is 1. The Morgan fingerprint density at radius 3 is 2.54 bits per heavy atom. The van der Waals surface area contributed by atoms with Crippen LogP contribution >= 0.6 is 0 Å². The number of hydrogen-bond acceptors (Lipinski definition) is 4. The highest BCUT2D eigenvalue weighted by molar-refractivity contribution is 5.97. The first-order chi connectivity index (χ1) is 12.7. The molecule has 3 heterocycles. The number of carbonyl (C=O) groups is 1. The van der Waals surface area contributed by atoms with E-state index in [-0.39, 0.29) is 0 Å². The van der Waals surface area contributed by atoms with E-state index in [1.807, 2.05) is 48.5 Å². The first kappa shape index (κ1) is 15.9. The molecule has 1 aromatic carbocycles. The number of hydrogen-bond donors (Lipinski definition) is 1. The van der Waals surface area contributed by atoms with Gasteiger partial charge in [0, 0.05) is 29.8 Å². The van der Waals surface area contributed by atoms with Crippen LogP contribution < -0.4 is 5.73 Å². The van der Waals surface area contributed by atoms with E-state index in [1.165, 1.54) is 0 Å². The van der Waals surface area contributed by atoms with Crippen LogP contribution in [-0.4, -0.2) is 20.9 Å². The summed E-state index contributed by atoms with van der Waals surface area (Å²) in [6.07, 6.45) is 3.95. The van der Waals surface area contributed by atoms with Crippen LogP contribution in [0.25, 0.3) is 22.3 Å². The van der Waals surface area contributed by atoms with Crippen LogP contribution in [0.2, 0.25) is 0 Å². The number of fused-ring (bicyclic) bond motifs is 1. The zero-order chi connectivity index (χ0) is 17.9. The number of aromatic nitrogens is 3. The monoisotopic (exact) mass is 340 g/mol. The summed E-state index contributed by atoms with van der Waals surface area (Å²) in [7, 11) is 0. The van der Waals surface area contributed by atoms with Crippen LogP contribution in [0.5, 0.6) is 0 Å². The Bertz CT molecular complexity index is 1080. The van der Waals surface area contributed by atoms with Gasteiger partial charge in [-0.15, -0.1) is 0 Å². The maximum Gasteiger partial charge on any atom is 0.250 e. The zero-order valence-corrected chi connectivity index (χ0v) is 14.0. The van der Waals surface area contributed by atoms with Gasteiger partial charge in [-0.25, -0.2) is 9.97 Å². The zero-order valence-electron chi connectivity index (χ0n) is 14.0. The van der Waals surface area contributed by atoms with Crippen molar-refractivity contribution in [1.82, 2.24) is 15.0 Å². The first-order valence-corrected chi connectivity index (χ1v) is 8.25. The van der Waals surface area contributed by atoms with Crippen molar-refractivity contribution in [3.8, 4) is 11.3 Å². The van der Waals surface area contributed by atoms with Crippen LogP contribution in [0.3, 0.4) is 0 Å². The van der Waals surface area contributed by atoms with E-state index in [1.54, 1.807) is 24.5 Å². The summed E-state index contributed by atoms with van der Waals surface area (Å²) < 4.78 is 0. The molecule has 4 aromatic rings. The smallest absolute Gasteiger partial charge is 0.250 e. The highest BCUT2D eigenvalue weighted by Gasteiger charge is 2.13. The molecule has 0 aliphatic rings. The quantitative estimate of drug-likeness (QED) is 0.617. The van der Waals surface area contributed by atoms with Gasteiger partial charge in [-0.3, -0.25) is 9.78 Å². The van der Waals surface area contributed by atoms with Crippen molar-refractivity contribution < 1.29 is 4.79 Å². The number of nitrogens with zero attached hydrogens (tertiary/aromatic N) is 3. The lowest BCUT2D eigenvalue weighted by atomic mass is 10.0. The summed E-state index contributed by atoms with van der Waals surface area (Å²) in [4.78, 5) is 25.2. The molecule has 0 saturated carbocycles. The number of primary amides is 1. The molecule has 0 saturated heterocycles. The van der Waals surface area contributed by atoms with E-state index in [4.69, 9.17) is 5.73 Å². The van der Waals surface area contributed by atoms with Crippen LogP contribution in [0.15, 0.2) is 73.1 Å². The molecule has 0 fully saturated rings. The lowest BCUT2D eigenvalue weighted by Gasteiger charge is -2.08. The van der Waals surface area contributed by atoms with E-state index < -0.39 is 5.91 Å². The maximum atomic E-state index is 11.8. The third kappa shape index (κ3) is 3.15. The molecular weight excluding hydrogens is 324 g/mol. The molecule has 0 aliphatic carbocycles. The molecule has 26 heavy (non-hydrogen) atoms. The molecule has 126 valence electrons. The van der Waals surface area contributed by atoms with Crippen LogP contribution in [0.4, 0.5) is 0 Å². The van der Waals surface area contributed by atoms with Crippen molar-refractivity contribution in [3.05, 3.63) is 89.9 Å². The number of rotatable bonds is 4. The van der Waals surface area contributed by atoms with E-state index in [2.05, 4.69) is 15.0 Å².